The van der Waals surface area contributed by atoms with Crippen molar-refractivity contribution >= 4 is 17.5 Å². The molecule has 3 N–H and O–H groups in total. The molecule has 0 spiro atoms. The Labute approximate surface area is 141 Å². The number of hydrogen-bond acceptors (Lipinski definition) is 3. The van der Waals surface area contributed by atoms with E-state index in [2.05, 4.69) is 10.6 Å². The molecule has 1 atom stereocenters. The number of carbonyl (C=O) groups is 2. The highest BCUT2D eigenvalue weighted by molar-refractivity contribution is 6.01. The molecule has 0 heterocycles. The number of aliphatic hydroxyl groups is 1. The number of amides is 2. The average molecular weight is 326 g/mol. The lowest BCUT2D eigenvalue weighted by molar-refractivity contribution is -0.117. The Hall–Kier alpha value is -2.66. The highest BCUT2D eigenvalue weighted by Crippen LogP contribution is 2.10. The molecule has 0 aliphatic carbocycles. The molecule has 5 nitrogen and oxygen atoms in total. The molecular weight excluding hydrogens is 304 g/mol. The molecule has 0 saturated heterocycles. The molecule has 2 rings (SSSR count). The number of carbonyl (C=O) groups excluding carboxylic acids is 2. The molecule has 0 saturated carbocycles. The maximum Gasteiger partial charge on any atom is 0.251 e. The van der Waals surface area contributed by atoms with Crippen LogP contribution in [0.15, 0.2) is 48.5 Å². The number of anilines is 1. The van der Waals surface area contributed by atoms with Gasteiger partial charge in [-0.2, -0.15) is 0 Å². The highest BCUT2D eigenvalue weighted by atomic mass is 16.3. The fourth-order valence-corrected chi connectivity index (χ4v) is 2.27. The van der Waals surface area contributed by atoms with E-state index in [0.717, 1.165) is 11.1 Å². The lowest BCUT2D eigenvalue weighted by Gasteiger charge is -2.14. The molecule has 2 amide bonds. The van der Waals surface area contributed by atoms with Crippen LogP contribution in [0.4, 0.5) is 5.69 Å². The lowest BCUT2D eigenvalue weighted by Crippen LogP contribution is -2.41. The molecular formula is C19H22N2O3. The number of benzene rings is 2. The van der Waals surface area contributed by atoms with Crippen LogP contribution >= 0.6 is 0 Å². The highest BCUT2D eigenvalue weighted by Gasteiger charge is 2.16. The van der Waals surface area contributed by atoms with Gasteiger partial charge in [-0.05, 0) is 50.1 Å². The minimum Gasteiger partial charge on any atom is -0.396 e. The van der Waals surface area contributed by atoms with Gasteiger partial charge in [0.25, 0.3) is 5.91 Å². The number of rotatable bonds is 6. The lowest BCUT2D eigenvalue weighted by atomic mass is 10.1. The Balaban J connectivity index is 1.93. The Kier molecular flexibility index (Phi) is 6.09. The van der Waals surface area contributed by atoms with Crippen molar-refractivity contribution in [2.24, 2.45) is 0 Å². The van der Waals surface area contributed by atoms with Gasteiger partial charge < -0.3 is 15.7 Å². The van der Waals surface area contributed by atoms with Crippen molar-refractivity contribution in [3.8, 4) is 0 Å². The summed E-state index contributed by atoms with van der Waals surface area (Å²) in [6, 6.07) is 13.8. The molecule has 0 fully saturated rings. The van der Waals surface area contributed by atoms with Gasteiger partial charge >= 0.3 is 0 Å². The third kappa shape index (κ3) is 4.93. The summed E-state index contributed by atoms with van der Waals surface area (Å²) in [5.74, 6) is -0.564. The summed E-state index contributed by atoms with van der Waals surface area (Å²) >= 11 is 0. The first-order valence-corrected chi connectivity index (χ1v) is 7.88. The molecule has 0 bridgehead atoms. The second-order valence-corrected chi connectivity index (χ2v) is 5.72. The topological polar surface area (TPSA) is 78.4 Å². The van der Waals surface area contributed by atoms with Crippen LogP contribution in [-0.4, -0.2) is 29.6 Å². The fourth-order valence-electron chi connectivity index (χ4n) is 2.27. The minimum absolute atomic E-state index is 0.0910. The SMILES string of the molecule is Cc1cccc(C(=O)NC(C)C(=O)Nc2ccc(CCO)cc2)c1. The smallest absolute Gasteiger partial charge is 0.251 e. The van der Waals surface area contributed by atoms with Crippen molar-refractivity contribution in [2.75, 3.05) is 11.9 Å². The molecule has 2 aromatic carbocycles. The Morgan fingerprint density at radius 3 is 2.46 bits per heavy atom. The van der Waals surface area contributed by atoms with Crippen molar-refractivity contribution in [1.82, 2.24) is 5.32 Å². The molecule has 0 aliphatic heterocycles. The van der Waals surface area contributed by atoms with Gasteiger partial charge in [0, 0.05) is 17.9 Å². The van der Waals surface area contributed by atoms with Crippen LogP contribution < -0.4 is 10.6 Å². The zero-order chi connectivity index (χ0) is 17.5. The minimum atomic E-state index is -0.657. The first-order chi connectivity index (χ1) is 11.5. The third-order valence-electron chi connectivity index (χ3n) is 3.64. The molecule has 0 aliphatic rings. The van der Waals surface area contributed by atoms with Gasteiger partial charge in [-0.25, -0.2) is 0 Å². The first-order valence-electron chi connectivity index (χ1n) is 7.88. The van der Waals surface area contributed by atoms with Crippen molar-refractivity contribution in [3.05, 3.63) is 65.2 Å². The summed E-state index contributed by atoms with van der Waals surface area (Å²) in [6.45, 7) is 3.64. The van der Waals surface area contributed by atoms with Gasteiger partial charge in [-0.15, -0.1) is 0 Å². The maximum atomic E-state index is 12.2. The quantitative estimate of drug-likeness (QED) is 0.762. The summed E-state index contributed by atoms with van der Waals surface area (Å²) in [5.41, 5.74) is 3.17. The van der Waals surface area contributed by atoms with Crippen molar-refractivity contribution in [3.63, 3.8) is 0 Å². The predicted octanol–water partition coefficient (Wildman–Crippen LogP) is 2.29. The molecule has 24 heavy (non-hydrogen) atoms. The van der Waals surface area contributed by atoms with Crippen molar-refractivity contribution in [1.29, 1.82) is 0 Å². The van der Waals surface area contributed by atoms with Gasteiger partial charge in [-0.3, -0.25) is 9.59 Å². The predicted molar refractivity (Wildman–Crippen MR) is 94.0 cm³/mol. The zero-order valence-electron chi connectivity index (χ0n) is 13.9. The molecule has 2 aromatic rings. The molecule has 0 radical (unpaired) electrons. The van der Waals surface area contributed by atoms with E-state index in [1.54, 1.807) is 31.2 Å². The fraction of sp³-hybridized carbons (Fsp3) is 0.263. The maximum absolute atomic E-state index is 12.2. The summed E-state index contributed by atoms with van der Waals surface area (Å²) in [5, 5.41) is 14.3. The summed E-state index contributed by atoms with van der Waals surface area (Å²) in [7, 11) is 0. The van der Waals surface area contributed by atoms with E-state index in [9.17, 15) is 9.59 Å². The molecule has 126 valence electrons. The van der Waals surface area contributed by atoms with Crippen LogP contribution in [0.1, 0.15) is 28.4 Å². The van der Waals surface area contributed by atoms with Crippen LogP contribution in [0.2, 0.25) is 0 Å². The Morgan fingerprint density at radius 2 is 1.83 bits per heavy atom. The number of aliphatic hydroxyl groups excluding tert-OH is 1. The first kappa shape index (κ1) is 17.7. The van der Waals surface area contributed by atoms with Gasteiger partial charge in [0.2, 0.25) is 5.91 Å². The standard InChI is InChI=1S/C19H22N2O3/c1-13-4-3-5-16(12-13)19(24)20-14(2)18(23)21-17-8-6-15(7-9-17)10-11-22/h3-9,12,14,22H,10-11H2,1-2H3,(H,20,24)(H,21,23). The monoisotopic (exact) mass is 326 g/mol. The third-order valence-corrected chi connectivity index (χ3v) is 3.64. The van der Waals surface area contributed by atoms with E-state index in [1.807, 2.05) is 31.2 Å². The van der Waals surface area contributed by atoms with Crippen LogP contribution in [-0.2, 0) is 11.2 Å². The van der Waals surface area contributed by atoms with E-state index in [1.165, 1.54) is 0 Å². The largest absolute Gasteiger partial charge is 0.396 e. The van der Waals surface area contributed by atoms with Gasteiger partial charge in [0.15, 0.2) is 0 Å². The second-order valence-electron chi connectivity index (χ2n) is 5.72. The Morgan fingerprint density at radius 1 is 1.12 bits per heavy atom. The van der Waals surface area contributed by atoms with Crippen LogP contribution in [0.3, 0.4) is 0 Å². The second kappa shape index (κ2) is 8.26. The van der Waals surface area contributed by atoms with E-state index >= 15 is 0 Å². The number of nitrogens with one attached hydrogen (secondary N) is 2. The van der Waals surface area contributed by atoms with Gasteiger partial charge in [0.05, 0.1) is 0 Å². The van der Waals surface area contributed by atoms with E-state index in [0.29, 0.717) is 17.7 Å². The Bertz CT molecular complexity index is 711. The summed E-state index contributed by atoms with van der Waals surface area (Å²) in [4.78, 5) is 24.4. The van der Waals surface area contributed by atoms with Gasteiger partial charge in [-0.1, -0.05) is 29.8 Å². The number of aryl methyl sites for hydroxylation is 1. The summed E-state index contributed by atoms with van der Waals surface area (Å²) < 4.78 is 0. The molecule has 5 heteroatoms. The van der Waals surface area contributed by atoms with E-state index in [4.69, 9.17) is 5.11 Å². The molecule has 1 unspecified atom stereocenters. The van der Waals surface area contributed by atoms with Crippen LogP contribution in [0, 0.1) is 6.92 Å². The normalized spacial score (nSPS) is 11.6. The molecule has 0 aromatic heterocycles. The van der Waals surface area contributed by atoms with Crippen LogP contribution in [0.25, 0.3) is 0 Å². The summed E-state index contributed by atoms with van der Waals surface area (Å²) in [6.07, 6.45) is 0.581. The average Bonchev–Trinajstić information content (AvgIpc) is 2.56. The number of hydrogen-bond donors (Lipinski definition) is 3. The van der Waals surface area contributed by atoms with Crippen LogP contribution in [0.5, 0.6) is 0 Å². The van der Waals surface area contributed by atoms with E-state index < -0.39 is 6.04 Å². The van der Waals surface area contributed by atoms with E-state index in [-0.39, 0.29) is 18.4 Å². The van der Waals surface area contributed by atoms with Gasteiger partial charge in [0.1, 0.15) is 6.04 Å². The van der Waals surface area contributed by atoms with Crippen molar-refractivity contribution < 1.29 is 14.7 Å². The van der Waals surface area contributed by atoms with Crippen molar-refractivity contribution in [2.45, 2.75) is 26.3 Å². The zero-order valence-corrected chi connectivity index (χ0v) is 13.9.